The Balaban J connectivity index is 2.42. The third kappa shape index (κ3) is 1.84. The first-order chi connectivity index (χ1) is 8.14. The van der Waals surface area contributed by atoms with Crippen molar-refractivity contribution in [1.29, 1.82) is 0 Å². The normalized spacial score (nSPS) is 17.6. The van der Waals surface area contributed by atoms with Crippen LogP contribution in [-0.4, -0.2) is 29.4 Å². The predicted molar refractivity (Wildman–Crippen MR) is 63.7 cm³/mol. The van der Waals surface area contributed by atoms with Crippen LogP contribution in [-0.2, 0) is 17.2 Å². The molecule has 2 N–H and O–H groups in total. The summed E-state index contributed by atoms with van der Waals surface area (Å²) in [6.45, 7) is 0.631. The summed E-state index contributed by atoms with van der Waals surface area (Å²) in [4.78, 5) is 11.7. The second kappa shape index (κ2) is 4.49. The third-order valence-electron chi connectivity index (χ3n) is 3.78. The molecular weight excluding hydrogens is 218 g/mol. The number of nitrogens with zero attached hydrogens (tertiary/aromatic N) is 2. The van der Waals surface area contributed by atoms with Gasteiger partial charge in [-0.15, -0.1) is 0 Å². The Hall–Kier alpha value is -1.36. The summed E-state index contributed by atoms with van der Waals surface area (Å²) in [7, 11) is 3.27. The summed E-state index contributed by atoms with van der Waals surface area (Å²) >= 11 is 0. The van der Waals surface area contributed by atoms with E-state index >= 15 is 0 Å². The number of ether oxygens (including phenoxy) is 1. The van der Waals surface area contributed by atoms with Crippen molar-refractivity contribution < 1.29 is 9.53 Å². The van der Waals surface area contributed by atoms with Crippen LogP contribution >= 0.6 is 0 Å². The summed E-state index contributed by atoms with van der Waals surface area (Å²) in [5.74, 6) is -0.309. The molecule has 1 saturated carbocycles. The minimum atomic E-state index is -0.309. The zero-order chi connectivity index (χ0) is 12.5. The van der Waals surface area contributed by atoms with Crippen molar-refractivity contribution in [2.75, 3.05) is 13.7 Å². The van der Waals surface area contributed by atoms with Crippen LogP contribution in [0.2, 0.25) is 0 Å². The Morgan fingerprint density at radius 2 is 2.35 bits per heavy atom. The molecule has 0 amide bonds. The maximum absolute atomic E-state index is 11.7. The third-order valence-corrected chi connectivity index (χ3v) is 3.78. The number of rotatable bonds is 4. The van der Waals surface area contributed by atoms with E-state index in [2.05, 4.69) is 5.10 Å². The lowest BCUT2D eigenvalue weighted by atomic mass is 9.63. The van der Waals surface area contributed by atoms with E-state index < -0.39 is 0 Å². The number of nitrogens with two attached hydrogens (primary N) is 1. The zero-order valence-corrected chi connectivity index (χ0v) is 10.4. The van der Waals surface area contributed by atoms with Crippen molar-refractivity contribution in [3.05, 3.63) is 17.5 Å². The fraction of sp³-hybridized carbons (Fsp3) is 0.667. The lowest BCUT2D eigenvalue weighted by Crippen LogP contribution is -2.39. The highest BCUT2D eigenvalue weighted by atomic mass is 16.5. The van der Waals surface area contributed by atoms with E-state index in [-0.39, 0.29) is 11.4 Å². The van der Waals surface area contributed by atoms with Gasteiger partial charge in [0, 0.05) is 12.5 Å². The van der Waals surface area contributed by atoms with Gasteiger partial charge in [0.1, 0.15) is 5.56 Å². The van der Waals surface area contributed by atoms with Crippen LogP contribution < -0.4 is 5.73 Å². The van der Waals surface area contributed by atoms with Crippen molar-refractivity contribution >= 4 is 5.97 Å². The highest BCUT2D eigenvalue weighted by molar-refractivity contribution is 5.90. The molecule has 5 heteroatoms. The smallest absolute Gasteiger partial charge is 0.341 e. The van der Waals surface area contributed by atoms with Gasteiger partial charge in [0.2, 0.25) is 0 Å². The lowest BCUT2D eigenvalue weighted by Gasteiger charge is -2.42. The molecule has 0 radical (unpaired) electrons. The summed E-state index contributed by atoms with van der Waals surface area (Å²) in [5, 5.41) is 4.19. The molecule has 0 atom stereocenters. The molecule has 0 aromatic carbocycles. The summed E-state index contributed by atoms with van der Waals surface area (Å²) in [6, 6.07) is 0. The van der Waals surface area contributed by atoms with E-state index in [4.69, 9.17) is 10.5 Å². The second-order valence-electron chi connectivity index (χ2n) is 4.69. The van der Waals surface area contributed by atoms with Crippen LogP contribution in [0.5, 0.6) is 0 Å². The van der Waals surface area contributed by atoms with Crippen molar-refractivity contribution in [2.45, 2.75) is 31.1 Å². The lowest BCUT2D eigenvalue weighted by molar-refractivity contribution is 0.0593. The molecule has 0 saturated heterocycles. The Kier molecular flexibility index (Phi) is 3.19. The molecule has 0 unspecified atom stereocenters. The number of esters is 1. The van der Waals surface area contributed by atoms with Gasteiger partial charge in [0.25, 0.3) is 0 Å². The Morgan fingerprint density at radius 1 is 1.65 bits per heavy atom. The second-order valence-corrected chi connectivity index (χ2v) is 4.69. The van der Waals surface area contributed by atoms with Crippen LogP contribution in [0.25, 0.3) is 0 Å². The fourth-order valence-electron chi connectivity index (χ4n) is 2.81. The van der Waals surface area contributed by atoms with Gasteiger partial charge in [-0.25, -0.2) is 4.79 Å². The topological polar surface area (TPSA) is 70.1 Å². The zero-order valence-electron chi connectivity index (χ0n) is 10.4. The fourth-order valence-corrected chi connectivity index (χ4v) is 2.81. The molecule has 1 heterocycles. The number of aryl methyl sites for hydroxylation is 1. The SMILES string of the molecule is COC(=O)c1cnn(C)c1C1(CCN)CCC1. The molecule has 1 aromatic heterocycles. The summed E-state index contributed by atoms with van der Waals surface area (Å²) in [5.41, 5.74) is 7.30. The Morgan fingerprint density at radius 3 is 2.82 bits per heavy atom. The first kappa shape index (κ1) is 12.1. The van der Waals surface area contributed by atoms with Gasteiger partial charge in [-0.3, -0.25) is 4.68 Å². The van der Waals surface area contributed by atoms with Gasteiger partial charge in [0.05, 0.1) is 19.0 Å². The molecule has 5 nitrogen and oxygen atoms in total. The number of carbonyl (C=O) groups excluding carboxylic acids is 1. The molecule has 94 valence electrons. The van der Waals surface area contributed by atoms with Crippen molar-refractivity contribution in [1.82, 2.24) is 9.78 Å². The monoisotopic (exact) mass is 237 g/mol. The van der Waals surface area contributed by atoms with E-state index in [1.165, 1.54) is 13.5 Å². The van der Waals surface area contributed by atoms with Crippen LogP contribution in [0.15, 0.2) is 6.20 Å². The number of aromatic nitrogens is 2. The number of hydrogen-bond acceptors (Lipinski definition) is 4. The van der Waals surface area contributed by atoms with Gasteiger partial charge < -0.3 is 10.5 Å². The van der Waals surface area contributed by atoms with Gasteiger partial charge in [-0.2, -0.15) is 5.10 Å². The standard InChI is InChI=1S/C12H19N3O2/c1-15-10(9(8-14-15)11(16)17-2)12(6-7-13)4-3-5-12/h8H,3-7,13H2,1-2H3. The molecule has 0 aliphatic heterocycles. The molecular formula is C12H19N3O2. The summed E-state index contributed by atoms with van der Waals surface area (Å²) in [6.07, 6.45) is 5.83. The Labute approximate surface area is 101 Å². The van der Waals surface area contributed by atoms with Gasteiger partial charge in [0.15, 0.2) is 0 Å². The van der Waals surface area contributed by atoms with Crippen molar-refractivity contribution in [3.63, 3.8) is 0 Å². The summed E-state index contributed by atoms with van der Waals surface area (Å²) < 4.78 is 6.60. The van der Waals surface area contributed by atoms with Gasteiger partial charge >= 0.3 is 5.97 Å². The van der Waals surface area contributed by atoms with E-state index in [0.29, 0.717) is 12.1 Å². The number of hydrogen-bond donors (Lipinski definition) is 1. The average molecular weight is 237 g/mol. The van der Waals surface area contributed by atoms with Crippen LogP contribution in [0.3, 0.4) is 0 Å². The van der Waals surface area contributed by atoms with Crippen LogP contribution in [0, 0.1) is 0 Å². The molecule has 0 spiro atoms. The maximum Gasteiger partial charge on any atom is 0.341 e. The molecule has 1 aliphatic carbocycles. The first-order valence-corrected chi connectivity index (χ1v) is 5.95. The van der Waals surface area contributed by atoms with E-state index in [9.17, 15) is 4.79 Å². The minimum absolute atomic E-state index is 0.0313. The highest BCUT2D eigenvalue weighted by Crippen LogP contribution is 2.47. The molecule has 17 heavy (non-hydrogen) atoms. The minimum Gasteiger partial charge on any atom is -0.465 e. The first-order valence-electron chi connectivity index (χ1n) is 5.95. The Bertz CT molecular complexity index is 421. The molecule has 0 bridgehead atoms. The highest BCUT2D eigenvalue weighted by Gasteiger charge is 2.43. The quantitative estimate of drug-likeness (QED) is 0.792. The molecule has 2 rings (SSSR count). The molecule has 1 fully saturated rings. The number of carbonyl (C=O) groups is 1. The van der Waals surface area contributed by atoms with Gasteiger partial charge in [-0.1, -0.05) is 6.42 Å². The van der Waals surface area contributed by atoms with E-state index in [0.717, 1.165) is 25.0 Å². The van der Waals surface area contributed by atoms with E-state index in [1.54, 1.807) is 10.9 Å². The predicted octanol–water partition coefficient (Wildman–Crippen LogP) is 0.977. The van der Waals surface area contributed by atoms with Gasteiger partial charge in [-0.05, 0) is 25.8 Å². The van der Waals surface area contributed by atoms with Crippen LogP contribution in [0.1, 0.15) is 41.7 Å². The van der Waals surface area contributed by atoms with Crippen molar-refractivity contribution in [3.8, 4) is 0 Å². The van der Waals surface area contributed by atoms with Crippen molar-refractivity contribution in [2.24, 2.45) is 12.8 Å². The molecule has 1 aliphatic rings. The van der Waals surface area contributed by atoms with Crippen LogP contribution in [0.4, 0.5) is 0 Å². The average Bonchev–Trinajstić information content (AvgIpc) is 2.65. The maximum atomic E-state index is 11.7. The largest absolute Gasteiger partial charge is 0.465 e. The molecule has 1 aromatic rings. The number of methoxy groups -OCH3 is 1. The van der Waals surface area contributed by atoms with E-state index in [1.807, 2.05) is 7.05 Å².